The molecule has 3 atom stereocenters. The van der Waals surface area contributed by atoms with Crippen molar-refractivity contribution in [3.05, 3.63) is 59.2 Å². The molecule has 3 heteroatoms. The number of aliphatic hydroxyl groups excluding tert-OH is 1. The average molecular weight is 372 g/mol. The summed E-state index contributed by atoms with van der Waals surface area (Å²) in [5.41, 5.74) is 3.10. The zero-order valence-corrected chi connectivity index (χ0v) is 17.7. The van der Waals surface area contributed by atoms with E-state index >= 15 is 0 Å². The molecule has 0 spiro atoms. The van der Waals surface area contributed by atoms with Crippen LogP contribution in [0.4, 0.5) is 0 Å². The second-order valence-electron chi connectivity index (χ2n) is 7.23. The van der Waals surface area contributed by atoms with Gasteiger partial charge < -0.3 is 10.2 Å². The van der Waals surface area contributed by atoms with E-state index < -0.39 is 6.10 Å². The number of aliphatic hydroxyl groups is 1. The Morgan fingerprint density at radius 1 is 0.923 bits per heavy atom. The zero-order valence-electron chi connectivity index (χ0n) is 16.7. The van der Waals surface area contributed by atoms with E-state index in [4.69, 9.17) is 0 Å². The first-order valence-corrected chi connectivity index (χ1v) is 10.8. The van der Waals surface area contributed by atoms with Gasteiger partial charge in [0.1, 0.15) is 5.75 Å². The third kappa shape index (κ3) is 4.13. The van der Waals surface area contributed by atoms with Crippen LogP contribution in [0.25, 0.3) is 0 Å². The average Bonchev–Trinajstić information content (AvgIpc) is 2.66. The fourth-order valence-corrected chi connectivity index (χ4v) is 5.49. The molecule has 2 aromatic carbocycles. The Labute approximate surface area is 160 Å². The first kappa shape index (κ1) is 20.9. The fraction of sp³-hybridized carbons (Fsp3) is 0.478. The fourth-order valence-electron chi connectivity index (χ4n) is 3.67. The highest BCUT2D eigenvalue weighted by Gasteiger charge is 2.33. The number of phenolic OH excluding ortho intramolecular Hbond substituents is 1. The van der Waals surface area contributed by atoms with E-state index in [0.717, 1.165) is 36.0 Å². The van der Waals surface area contributed by atoms with Crippen molar-refractivity contribution in [3.8, 4) is 5.75 Å². The van der Waals surface area contributed by atoms with Crippen LogP contribution >= 0.6 is 8.58 Å². The largest absolute Gasteiger partial charge is 0.507 e. The number of benzene rings is 2. The van der Waals surface area contributed by atoms with E-state index in [0.29, 0.717) is 20.2 Å². The Bertz CT molecular complexity index is 720. The topological polar surface area (TPSA) is 40.5 Å². The third-order valence-electron chi connectivity index (χ3n) is 5.72. The summed E-state index contributed by atoms with van der Waals surface area (Å²) >= 11 is 0. The summed E-state index contributed by atoms with van der Waals surface area (Å²) < 4.78 is 0. The lowest BCUT2D eigenvalue weighted by Gasteiger charge is -2.35. The van der Waals surface area contributed by atoms with Crippen molar-refractivity contribution in [2.24, 2.45) is 0 Å². The van der Waals surface area contributed by atoms with Gasteiger partial charge in [-0.05, 0) is 48.5 Å². The summed E-state index contributed by atoms with van der Waals surface area (Å²) in [6.45, 7) is 10.6. The normalized spacial score (nSPS) is 14.7. The molecule has 0 fully saturated rings. The van der Waals surface area contributed by atoms with Gasteiger partial charge in [0.25, 0.3) is 0 Å². The van der Waals surface area contributed by atoms with Crippen molar-refractivity contribution < 1.29 is 10.2 Å². The van der Waals surface area contributed by atoms with Crippen molar-refractivity contribution in [1.82, 2.24) is 0 Å². The summed E-state index contributed by atoms with van der Waals surface area (Å²) in [4.78, 5) is 0. The van der Waals surface area contributed by atoms with Gasteiger partial charge in [-0.2, -0.15) is 0 Å². The first-order valence-electron chi connectivity index (χ1n) is 9.77. The van der Waals surface area contributed by atoms with Crippen molar-refractivity contribution in [2.75, 3.05) is 0 Å². The molecule has 2 N–H and O–H groups in total. The summed E-state index contributed by atoms with van der Waals surface area (Å²) in [5, 5.41) is 22.4. The summed E-state index contributed by atoms with van der Waals surface area (Å²) in [7, 11) is 0.502. The number of para-hydroxylation sites is 1. The van der Waals surface area contributed by atoms with Crippen molar-refractivity contribution >= 4 is 13.9 Å². The van der Waals surface area contributed by atoms with Crippen LogP contribution in [-0.4, -0.2) is 10.2 Å². The molecular formula is C23H33O2P. The molecule has 0 radical (unpaired) electrons. The molecule has 0 bridgehead atoms. The molecule has 26 heavy (non-hydrogen) atoms. The molecule has 0 heterocycles. The van der Waals surface area contributed by atoms with Gasteiger partial charge in [0.15, 0.2) is 0 Å². The molecule has 2 aromatic rings. The highest BCUT2D eigenvalue weighted by molar-refractivity contribution is 7.48. The van der Waals surface area contributed by atoms with Gasteiger partial charge in [-0.15, -0.1) is 0 Å². The molecule has 2 rings (SSSR count). The Hall–Kier alpha value is -1.37. The van der Waals surface area contributed by atoms with Crippen LogP contribution < -0.4 is 5.30 Å². The number of aromatic hydroxyl groups is 1. The molecule has 0 saturated heterocycles. The summed E-state index contributed by atoms with van der Waals surface area (Å²) in [6, 6.07) is 14.4. The SMILES string of the molecule is CCC(C)c1cccc(C(CC)(CC)Pc2ccccc2C(C)O)c1O. The van der Waals surface area contributed by atoms with Gasteiger partial charge in [0.2, 0.25) is 0 Å². The molecule has 0 aromatic heterocycles. The van der Waals surface area contributed by atoms with E-state index in [1.807, 2.05) is 25.1 Å². The lowest BCUT2D eigenvalue weighted by atomic mass is 9.87. The van der Waals surface area contributed by atoms with Gasteiger partial charge in [-0.1, -0.05) is 78.7 Å². The monoisotopic (exact) mass is 372 g/mol. The van der Waals surface area contributed by atoms with Crippen LogP contribution in [0, 0.1) is 0 Å². The quantitative estimate of drug-likeness (QED) is 0.560. The van der Waals surface area contributed by atoms with Gasteiger partial charge in [0.05, 0.1) is 6.10 Å². The molecule has 0 aliphatic heterocycles. The van der Waals surface area contributed by atoms with E-state index in [2.05, 4.69) is 52.0 Å². The Morgan fingerprint density at radius 2 is 1.54 bits per heavy atom. The van der Waals surface area contributed by atoms with E-state index in [-0.39, 0.29) is 5.16 Å². The maximum Gasteiger partial charge on any atom is 0.123 e. The maximum atomic E-state index is 11.1. The van der Waals surface area contributed by atoms with Crippen molar-refractivity contribution in [2.45, 2.75) is 71.1 Å². The molecule has 0 saturated carbocycles. The zero-order chi connectivity index (χ0) is 19.3. The van der Waals surface area contributed by atoms with Gasteiger partial charge >= 0.3 is 0 Å². The standard InChI is InChI=1S/C23H33O2P/c1-6-16(4)18-13-11-14-20(22(18)25)23(7-2,8-3)26-21-15-10-9-12-19(21)17(5)24/h9-17,24-26H,6-8H2,1-5H3. The predicted octanol–water partition coefficient (Wildman–Crippen LogP) is 5.98. The van der Waals surface area contributed by atoms with E-state index in [1.165, 1.54) is 5.30 Å². The molecule has 0 aliphatic carbocycles. The van der Waals surface area contributed by atoms with Crippen LogP contribution in [0.5, 0.6) is 5.75 Å². The lowest BCUT2D eigenvalue weighted by molar-refractivity contribution is 0.200. The minimum atomic E-state index is -0.481. The molecule has 2 nitrogen and oxygen atoms in total. The Kier molecular flexibility index (Phi) is 7.26. The minimum Gasteiger partial charge on any atom is -0.507 e. The Morgan fingerprint density at radius 3 is 2.12 bits per heavy atom. The van der Waals surface area contributed by atoms with Crippen LogP contribution in [0.3, 0.4) is 0 Å². The number of hydrogen-bond acceptors (Lipinski definition) is 2. The number of rotatable bonds is 8. The molecule has 0 amide bonds. The maximum absolute atomic E-state index is 11.1. The highest BCUT2D eigenvalue weighted by atomic mass is 31.1. The van der Waals surface area contributed by atoms with Crippen molar-refractivity contribution in [3.63, 3.8) is 0 Å². The minimum absolute atomic E-state index is 0.113. The van der Waals surface area contributed by atoms with Gasteiger partial charge in [-0.3, -0.25) is 0 Å². The molecular weight excluding hydrogens is 339 g/mol. The second kappa shape index (κ2) is 9.02. The first-order chi connectivity index (χ1) is 12.4. The summed E-state index contributed by atoms with van der Waals surface area (Å²) in [6.07, 6.45) is 2.43. The summed E-state index contributed by atoms with van der Waals surface area (Å²) in [5.74, 6) is 0.807. The van der Waals surface area contributed by atoms with Gasteiger partial charge in [-0.25, -0.2) is 0 Å². The van der Waals surface area contributed by atoms with Crippen LogP contribution in [-0.2, 0) is 5.16 Å². The van der Waals surface area contributed by atoms with Gasteiger partial charge in [0, 0.05) is 10.7 Å². The predicted molar refractivity (Wildman–Crippen MR) is 114 cm³/mol. The number of hydrogen-bond donors (Lipinski definition) is 2. The second-order valence-corrected chi connectivity index (χ2v) is 8.98. The lowest BCUT2D eigenvalue weighted by Crippen LogP contribution is -2.24. The van der Waals surface area contributed by atoms with E-state index in [1.54, 1.807) is 0 Å². The third-order valence-corrected chi connectivity index (χ3v) is 7.90. The van der Waals surface area contributed by atoms with Crippen LogP contribution in [0.1, 0.15) is 82.6 Å². The van der Waals surface area contributed by atoms with Crippen molar-refractivity contribution in [1.29, 1.82) is 0 Å². The highest BCUT2D eigenvalue weighted by Crippen LogP contribution is 2.51. The van der Waals surface area contributed by atoms with E-state index in [9.17, 15) is 10.2 Å². The smallest absolute Gasteiger partial charge is 0.123 e. The number of phenols is 1. The molecule has 0 aliphatic rings. The Balaban J connectivity index is 2.55. The van der Waals surface area contributed by atoms with Crippen LogP contribution in [0.2, 0.25) is 0 Å². The van der Waals surface area contributed by atoms with Crippen LogP contribution in [0.15, 0.2) is 42.5 Å². The molecule has 142 valence electrons. The molecule has 3 unspecified atom stereocenters.